The van der Waals surface area contributed by atoms with Gasteiger partial charge in [0.1, 0.15) is 0 Å². The lowest BCUT2D eigenvalue weighted by Gasteiger charge is -1.98. The predicted octanol–water partition coefficient (Wildman–Crippen LogP) is 1.81. The van der Waals surface area contributed by atoms with Gasteiger partial charge in [0.2, 0.25) is 0 Å². The molecule has 1 rings (SSSR count). The Balaban J connectivity index is 3.03. The first kappa shape index (κ1) is 7.69. The molecule has 0 fully saturated rings. The number of aryl methyl sites for hydroxylation is 2. The molecule has 1 unspecified atom stereocenters. The van der Waals surface area contributed by atoms with E-state index in [4.69, 9.17) is 5.11 Å². The highest BCUT2D eigenvalue weighted by Gasteiger charge is 2.08. The molecule has 0 aliphatic rings. The van der Waals surface area contributed by atoms with E-state index in [-0.39, 0.29) is 0 Å². The summed E-state index contributed by atoms with van der Waals surface area (Å²) in [6.07, 6.45) is -0.426. The number of aliphatic hydroxyl groups is 1. The first-order valence-electron chi connectivity index (χ1n) is 3.23. The molecule has 0 bridgehead atoms. The van der Waals surface area contributed by atoms with Crippen LogP contribution in [-0.2, 0) is 0 Å². The minimum atomic E-state index is -0.426. The normalized spacial score (nSPS) is 13.6. The number of aromatic nitrogens is 1. The summed E-state index contributed by atoms with van der Waals surface area (Å²) in [6.45, 7) is 5.66. The average molecular weight is 157 g/mol. The van der Waals surface area contributed by atoms with E-state index in [2.05, 4.69) is 4.98 Å². The van der Waals surface area contributed by atoms with Gasteiger partial charge >= 0.3 is 0 Å². The first-order valence-corrected chi connectivity index (χ1v) is 4.05. The van der Waals surface area contributed by atoms with Gasteiger partial charge in [0.25, 0.3) is 0 Å². The molecule has 1 aromatic rings. The Hall–Kier alpha value is -0.410. The van der Waals surface area contributed by atoms with Crippen molar-refractivity contribution in [3.05, 3.63) is 15.6 Å². The number of rotatable bonds is 1. The van der Waals surface area contributed by atoms with Gasteiger partial charge in [0.15, 0.2) is 0 Å². The largest absolute Gasteiger partial charge is 0.387 e. The fourth-order valence-electron chi connectivity index (χ4n) is 0.933. The summed E-state index contributed by atoms with van der Waals surface area (Å²) in [5, 5.41) is 10.2. The van der Waals surface area contributed by atoms with Crippen LogP contribution in [0.4, 0.5) is 0 Å². The molecular weight excluding hydrogens is 146 g/mol. The fourth-order valence-corrected chi connectivity index (χ4v) is 1.84. The summed E-state index contributed by atoms with van der Waals surface area (Å²) in [4.78, 5) is 5.30. The molecule has 1 aromatic heterocycles. The van der Waals surface area contributed by atoms with Gasteiger partial charge < -0.3 is 5.11 Å². The van der Waals surface area contributed by atoms with Gasteiger partial charge in [0.05, 0.1) is 16.8 Å². The zero-order valence-corrected chi connectivity index (χ0v) is 7.20. The van der Waals surface area contributed by atoms with Crippen LogP contribution < -0.4 is 0 Å². The molecule has 0 saturated heterocycles. The molecule has 0 aromatic carbocycles. The van der Waals surface area contributed by atoms with Crippen LogP contribution in [0.2, 0.25) is 0 Å². The number of nitrogens with zero attached hydrogens (tertiary/aromatic N) is 1. The van der Waals surface area contributed by atoms with E-state index in [9.17, 15) is 0 Å². The molecule has 1 N–H and O–H groups in total. The Morgan fingerprint density at radius 2 is 2.10 bits per heavy atom. The molecular formula is C7H11NOS. The van der Waals surface area contributed by atoms with Crippen LogP contribution in [0.3, 0.4) is 0 Å². The second kappa shape index (κ2) is 2.68. The van der Waals surface area contributed by atoms with Crippen molar-refractivity contribution in [1.82, 2.24) is 4.98 Å². The van der Waals surface area contributed by atoms with E-state index in [0.29, 0.717) is 0 Å². The zero-order chi connectivity index (χ0) is 7.72. The molecule has 1 atom stereocenters. The first-order chi connectivity index (χ1) is 4.61. The Bertz CT molecular complexity index is 230. The van der Waals surface area contributed by atoms with Gasteiger partial charge in [-0.05, 0) is 20.8 Å². The standard InChI is InChI=1S/C7H11NOS/c1-4(9)7-5(2)10-6(3)8-7/h4,9H,1-3H3. The summed E-state index contributed by atoms with van der Waals surface area (Å²) < 4.78 is 0. The minimum absolute atomic E-state index is 0.426. The summed E-state index contributed by atoms with van der Waals surface area (Å²) in [5.41, 5.74) is 0.822. The third-order valence-corrected chi connectivity index (χ3v) is 2.24. The van der Waals surface area contributed by atoms with E-state index in [1.54, 1.807) is 18.3 Å². The molecule has 1 heterocycles. The summed E-state index contributed by atoms with van der Waals surface area (Å²) in [5.74, 6) is 0. The van der Waals surface area contributed by atoms with E-state index < -0.39 is 6.10 Å². The van der Waals surface area contributed by atoms with Crippen molar-refractivity contribution in [2.75, 3.05) is 0 Å². The third kappa shape index (κ3) is 1.36. The van der Waals surface area contributed by atoms with Crippen molar-refractivity contribution in [2.24, 2.45) is 0 Å². The fraction of sp³-hybridized carbons (Fsp3) is 0.571. The second-order valence-electron chi connectivity index (χ2n) is 2.35. The number of thiazole rings is 1. The molecule has 0 amide bonds. The van der Waals surface area contributed by atoms with Crippen LogP contribution >= 0.6 is 11.3 Å². The van der Waals surface area contributed by atoms with E-state index in [1.807, 2.05) is 13.8 Å². The quantitative estimate of drug-likeness (QED) is 0.674. The van der Waals surface area contributed by atoms with Crippen molar-refractivity contribution < 1.29 is 5.11 Å². The lowest BCUT2D eigenvalue weighted by atomic mass is 10.3. The van der Waals surface area contributed by atoms with Crippen molar-refractivity contribution in [2.45, 2.75) is 26.9 Å². The van der Waals surface area contributed by atoms with Gasteiger partial charge in [0, 0.05) is 4.88 Å². The molecule has 10 heavy (non-hydrogen) atoms. The highest BCUT2D eigenvalue weighted by atomic mass is 32.1. The van der Waals surface area contributed by atoms with E-state index in [0.717, 1.165) is 15.6 Å². The van der Waals surface area contributed by atoms with Gasteiger partial charge in [-0.15, -0.1) is 11.3 Å². The molecule has 0 aliphatic carbocycles. The van der Waals surface area contributed by atoms with Crippen LogP contribution in [-0.4, -0.2) is 10.1 Å². The van der Waals surface area contributed by atoms with Crippen molar-refractivity contribution in [3.8, 4) is 0 Å². The maximum atomic E-state index is 9.16. The zero-order valence-electron chi connectivity index (χ0n) is 6.38. The third-order valence-electron chi connectivity index (χ3n) is 1.34. The Labute approximate surface area is 64.5 Å². The van der Waals surface area contributed by atoms with E-state index >= 15 is 0 Å². The van der Waals surface area contributed by atoms with Crippen LogP contribution in [0.1, 0.15) is 28.6 Å². The monoisotopic (exact) mass is 157 g/mol. The number of hydrogen-bond donors (Lipinski definition) is 1. The minimum Gasteiger partial charge on any atom is -0.387 e. The van der Waals surface area contributed by atoms with Crippen LogP contribution in [0.5, 0.6) is 0 Å². The molecule has 0 aliphatic heterocycles. The van der Waals surface area contributed by atoms with Gasteiger partial charge in [-0.2, -0.15) is 0 Å². The summed E-state index contributed by atoms with van der Waals surface area (Å²) >= 11 is 1.63. The van der Waals surface area contributed by atoms with Crippen molar-refractivity contribution >= 4 is 11.3 Å². The molecule has 3 heteroatoms. The lowest BCUT2D eigenvalue weighted by molar-refractivity contribution is 0.194. The number of aliphatic hydroxyl groups excluding tert-OH is 1. The summed E-state index contributed by atoms with van der Waals surface area (Å²) in [7, 11) is 0. The van der Waals surface area contributed by atoms with Gasteiger partial charge in [-0.25, -0.2) is 4.98 Å². The Morgan fingerprint density at radius 3 is 2.30 bits per heavy atom. The Kier molecular flexibility index (Phi) is 2.06. The highest BCUT2D eigenvalue weighted by molar-refractivity contribution is 7.11. The second-order valence-corrected chi connectivity index (χ2v) is 3.76. The lowest BCUT2D eigenvalue weighted by Crippen LogP contribution is -1.92. The Morgan fingerprint density at radius 1 is 1.50 bits per heavy atom. The maximum Gasteiger partial charge on any atom is 0.0943 e. The molecule has 56 valence electrons. The van der Waals surface area contributed by atoms with Crippen molar-refractivity contribution in [1.29, 1.82) is 0 Å². The topological polar surface area (TPSA) is 33.1 Å². The average Bonchev–Trinajstić information content (AvgIpc) is 2.10. The van der Waals surface area contributed by atoms with Crippen LogP contribution in [0.15, 0.2) is 0 Å². The van der Waals surface area contributed by atoms with E-state index in [1.165, 1.54) is 0 Å². The number of hydrogen-bond acceptors (Lipinski definition) is 3. The van der Waals surface area contributed by atoms with Gasteiger partial charge in [-0.3, -0.25) is 0 Å². The maximum absolute atomic E-state index is 9.16. The SMILES string of the molecule is Cc1nc(C(C)O)c(C)s1. The highest BCUT2D eigenvalue weighted by Crippen LogP contribution is 2.21. The van der Waals surface area contributed by atoms with Crippen molar-refractivity contribution in [3.63, 3.8) is 0 Å². The van der Waals surface area contributed by atoms with Crippen LogP contribution in [0.25, 0.3) is 0 Å². The molecule has 0 spiro atoms. The molecule has 2 nitrogen and oxygen atoms in total. The molecule has 0 saturated carbocycles. The predicted molar refractivity (Wildman–Crippen MR) is 42.2 cm³/mol. The summed E-state index contributed by atoms with van der Waals surface area (Å²) in [6, 6.07) is 0. The smallest absolute Gasteiger partial charge is 0.0943 e. The molecule has 0 radical (unpaired) electrons. The van der Waals surface area contributed by atoms with Gasteiger partial charge in [-0.1, -0.05) is 0 Å². The van der Waals surface area contributed by atoms with Crippen LogP contribution in [0, 0.1) is 13.8 Å².